The maximum Gasteiger partial charge on any atom is 0.180 e. The first-order valence-corrected chi connectivity index (χ1v) is 11.5. The Balaban J connectivity index is 1.66. The normalized spacial score (nSPS) is 10.8. The van der Waals surface area contributed by atoms with E-state index in [1.165, 1.54) is 11.1 Å². The minimum atomic E-state index is 0.0273. The van der Waals surface area contributed by atoms with Crippen LogP contribution in [0.1, 0.15) is 16.0 Å². The van der Waals surface area contributed by atoms with Gasteiger partial charge in [-0.1, -0.05) is 66.7 Å². The third-order valence-corrected chi connectivity index (χ3v) is 6.97. The SMILES string of the molecule is O=C(C=C(SCc1ccccc1)SCc1ccccc1)/C=C/c1cccs1. The van der Waals surface area contributed by atoms with Gasteiger partial charge in [0, 0.05) is 26.7 Å². The van der Waals surface area contributed by atoms with E-state index in [2.05, 4.69) is 24.3 Å². The molecule has 0 aliphatic carbocycles. The molecule has 136 valence electrons. The van der Waals surface area contributed by atoms with E-state index in [0.29, 0.717) is 0 Å². The second-order valence-electron chi connectivity index (χ2n) is 5.76. The van der Waals surface area contributed by atoms with Gasteiger partial charge in [0.05, 0.1) is 0 Å². The number of thioether (sulfide) groups is 2. The topological polar surface area (TPSA) is 17.1 Å². The molecule has 0 N–H and O–H groups in total. The Morgan fingerprint density at radius 2 is 1.41 bits per heavy atom. The van der Waals surface area contributed by atoms with E-state index in [-0.39, 0.29) is 5.78 Å². The van der Waals surface area contributed by atoms with Crippen molar-refractivity contribution in [1.29, 1.82) is 0 Å². The molecule has 0 spiro atoms. The summed E-state index contributed by atoms with van der Waals surface area (Å²) in [5, 5.41) is 2.01. The predicted octanol–water partition coefficient (Wildman–Crippen LogP) is 7.04. The van der Waals surface area contributed by atoms with Crippen LogP contribution < -0.4 is 0 Å². The summed E-state index contributed by atoms with van der Waals surface area (Å²) < 4.78 is 1.04. The lowest BCUT2D eigenvalue weighted by Gasteiger charge is -2.07. The molecule has 0 saturated heterocycles. The van der Waals surface area contributed by atoms with Crippen LogP contribution in [0.5, 0.6) is 0 Å². The van der Waals surface area contributed by atoms with Gasteiger partial charge in [0.25, 0.3) is 0 Å². The zero-order valence-electron chi connectivity index (χ0n) is 14.8. The fourth-order valence-corrected chi connectivity index (χ4v) is 5.00. The second-order valence-corrected chi connectivity index (χ2v) is 9.04. The van der Waals surface area contributed by atoms with Crippen molar-refractivity contribution in [1.82, 2.24) is 0 Å². The lowest BCUT2D eigenvalue weighted by atomic mass is 10.2. The lowest BCUT2D eigenvalue weighted by Crippen LogP contribution is -1.89. The highest BCUT2D eigenvalue weighted by molar-refractivity contribution is 8.21. The minimum absolute atomic E-state index is 0.0273. The molecule has 0 bridgehead atoms. The molecule has 1 nitrogen and oxygen atoms in total. The van der Waals surface area contributed by atoms with Gasteiger partial charge in [-0.3, -0.25) is 4.79 Å². The highest BCUT2D eigenvalue weighted by Gasteiger charge is 2.05. The number of thiophene rings is 1. The lowest BCUT2D eigenvalue weighted by molar-refractivity contribution is -0.110. The van der Waals surface area contributed by atoms with Gasteiger partial charge in [-0.15, -0.1) is 34.9 Å². The van der Waals surface area contributed by atoms with Crippen molar-refractivity contribution in [3.05, 3.63) is 111 Å². The Morgan fingerprint density at radius 1 is 0.815 bits per heavy atom. The molecule has 0 amide bonds. The van der Waals surface area contributed by atoms with Crippen LogP contribution in [0.15, 0.2) is 94.6 Å². The third-order valence-electron chi connectivity index (χ3n) is 3.66. The Labute approximate surface area is 173 Å². The molecule has 1 heterocycles. The van der Waals surface area contributed by atoms with E-state index >= 15 is 0 Å². The van der Waals surface area contributed by atoms with E-state index in [1.807, 2.05) is 60.0 Å². The summed E-state index contributed by atoms with van der Waals surface area (Å²) in [6, 6.07) is 24.7. The van der Waals surface area contributed by atoms with E-state index < -0.39 is 0 Å². The third kappa shape index (κ3) is 7.25. The first-order chi connectivity index (χ1) is 13.3. The van der Waals surface area contributed by atoms with Crippen molar-refractivity contribution in [2.24, 2.45) is 0 Å². The highest BCUT2D eigenvalue weighted by atomic mass is 32.2. The smallest absolute Gasteiger partial charge is 0.180 e. The summed E-state index contributed by atoms with van der Waals surface area (Å²) in [5.41, 5.74) is 2.52. The van der Waals surface area contributed by atoms with Crippen LogP contribution in [0, 0.1) is 0 Å². The van der Waals surface area contributed by atoms with E-state index in [4.69, 9.17) is 0 Å². The van der Waals surface area contributed by atoms with Crippen LogP contribution in [-0.2, 0) is 16.3 Å². The molecule has 3 aromatic rings. The van der Waals surface area contributed by atoms with Gasteiger partial charge in [0.1, 0.15) is 0 Å². The van der Waals surface area contributed by atoms with Gasteiger partial charge in [0.2, 0.25) is 0 Å². The van der Waals surface area contributed by atoms with Crippen LogP contribution in [0.3, 0.4) is 0 Å². The summed E-state index contributed by atoms with van der Waals surface area (Å²) in [6.07, 6.45) is 5.29. The first kappa shape index (κ1) is 19.7. The van der Waals surface area contributed by atoms with Crippen molar-refractivity contribution < 1.29 is 4.79 Å². The molecule has 0 atom stereocenters. The fourth-order valence-electron chi connectivity index (χ4n) is 2.30. The van der Waals surface area contributed by atoms with E-state index in [1.54, 1.807) is 47.0 Å². The summed E-state index contributed by atoms with van der Waals surface area (Å²) in [5.74, 6) is 1.74. The average Bonchev–Trinajstić information content (AvgIpc) is 3.24. The number of allylic oxidation sites excluding steroid dienone is 2. The van der Waals surface area contributed by atoms with Crippen molar-refractivity contribution in [3.63, 3.8) is 0 Å². The molecule has 27 heavy (non-hydrogen) atoms. The molecule has 0 saturated carbocycles. The molecule has 2 aromatic carbocycles. The predicted molar refractivity (Wildman–Crippen MR) is 122 cm³/mol. The molecular weight excluding hydrogens is 388 g/mol. The standard InChI is InChI=1S/C23H20OS3/c24-21(13-14-22-12-7-15-25-22)16-23(26-17-19-8-3-1-4-9-19)27-18-20-10-5-2-6-11-20/h1-16H,17-18H2/b14-13+. The number of carbonyl (C=O) groups is 1. The first-order valence-electron chi connectivity index (χ1n) is 8.60. The van der Waals surface area contributed by atoms with Gasteiger partial charge in [-0.25, -0.2) is 0 Å². The van der Waals surface area contributed by atoms with Crippen LogP contribution in [0.2, 0.25) is 0 Å². The molecule has 1 aromatic heterocycles. The molecule has 0 unspecified atom stereocenters. The van der Waals surface area contributed by atoms with Crippen LogP contribution in [0.4, 0.5) is 0 Å². The molecule has 0 aliphatic rings. The van der Waals surface area contributed by atoms with E-state index in [9.17, 15) is 4.79 Å². The van der Waals surface area contributed by atoms with Crippen molar-refractivity contribution >= 4 is 46.7 Å². The monoisotopic (exact) mass is 408 g/mol. The van der Waals surface area contributed by atoms with Crippen LogP contribution in [0.25, 0.3) is 6.08 Å². The van der Waals surface area contributed by atoms with Gasteiger partial charge in [0.15, 0.2) is 5.78 Å². The van der Waals surface area contributed by atoms with Crippen LogP contribution in [-0.4, -0.2) is 5.78 Å². The van der Waals surface area contributed by atoms with Crippen molar-refractivity contribution in [2.75, 3.05) is 0 Å². The minimum Gasteiger partial charge on any atom is -0.290 e. The maximum atomic E-state index is 12.4. The summed E-state index contributed by atoms with van der Waals surface area (Å²) in [6.45, 7) is 0. The molecule has 3 rings (SSSR count). The van der Waals surface area contributed by atoms with Crippen molar-refractivity contribution in [3.8, 4) is 0 Å². The molecule has 4 heteroatoms. The van der Waals surface area contributed by atoms with E-state index in [0.717, 1.165) is 20.6 Å². The Bertz CT molecular complexity index is 836. The zero-order valence-corrected chi connectivity index (χ0v) is 17.2. The zero-order chi connectivity index (χ0) is 18.7. The highest BCUT2D eigenvalue weighted by Crippen LogP contribution is 2.33. The molecule has 0 fully saturated rings. The summed E-state index contributed by atoms with van der Waals surface area (Å²) in [7, 11) is 0. The number of benzene rings is 2. The average molecular weight is 409 g/mol. The second kappa shape index (κ2) is 11.0. The number of hydrogen-bond acceptors (Lipinski definition) is 4. The number of hydrogen-bond donors (Lipinski definition) is 0. The van der Waals surface area contributed by atoms with Crippen molar-refractivity contribution in [2.45, 2.75) is 11.5 Å². The largest absolute Gasteiger partial charge is 0.290 e. The molecule has 0 aliphatic heterocycles. The molecule has 0 radical (unpaired) electrons. The summed E-state index contributed by atoms with van der Waals surface area (Å²) in [4.78, 5) is 13.5. The number of carbonyl (C=O) groups excluding carboxylic acids is 1. The maximum absolute atomic E-state index is 12.4. The van der Waals surface area contributed by atoms with Gasteiger partial charge < -0.3 is 0 Å². The van der Waals surface area contributed by atoms with Gasteiger partial charge in [-0.2, -0.15) is 0 Å². The fraction of sp³-hybridized carbons (Fsp3) is 0.0870. The van der Waals surface area contributed by atoms with Gasteiger partial charge in [-0.05, 0) is 34.7 Å². The Morgan fingerprint density at radius 3 is 1.93 bits per heavy atom. The van der Waals surface area contributed by atoms with Crippen LogP contribution >= 0.6 is 34.9 Å². The summed E-state index contributed by atoms with van der Waals surface area (Å²) >= 11 is 5.06. The molecular formula is C23H20OS3. The Kier molecular flexibility index (Phi) is 8.03. The van der Waals surface area contributed by atoms with Gasteiger partial charge >= 0.3 is 0 Å². The quantitative estimate of drug-likeness (QED) is 0.353. The Hall–Kier alpha value is -2.01. The number of rotatable bonds is 9. The number of ketones is 1.